The summed E-state index contributed by atoms with van der Waals surface area (Å²) in [6.07, 6.45) is 3.76. The van der Waals surface area contributed by atoms with E-state index in [4.69, 9.17) is 23.9 Å². The van der Waals surface area contributed by atoms with Gasteiger partial charge in [0.2, 0.25) is 11.8 Å². The van der Waals surface area contributed by atoms with Crippen molar-refractivity contribution in [3.8, 4) is 33.5 Å². The van der Waals surface area contributed by atoms with Gasteiger partial charge in [-0.05, 0) is 84.0 Å². The molecular formula is C48H52N8O7. The van der Waals surface area contributed by atoms with Crippen molar-refractivity contribution < 1.29 is 33.1 Å². The highest BCUT2D eigenvalue weighted by molar-refractivity contribution is 6.19. The molecule has 326 valence electrons. The number of nitrogens with one attached hydrogen (secondary N) is 4. The molecule has 6 heterocycles. The lowest BCUT2D eigenvalue weighted by Gasteiger charge is -2.30. The summed E-state index contributed by atoms with van der Waals surface area (Å²) < 4.78 is 15.9. The predicted octanol–water partition coefficient (Wildman–Crippen LogP) is 8.71. The number of methoxy groups -OCH3 is 2. The number of benzene rings is 4. The van der Waals surface area contributed by atoms with Crippen LogP contribution in [0.15, 0.2) is 77.3 Å². The fourth-order valence-electron chi connectivity index (χ4n) is 9.42. The Morgan fingerprint density at radius 2 is 1.22 bits per heavy atom. The van der Waals surface area contributed by atoms with E-state index in [9.17, 15) is 19.2 Å². The molecule has 2 aliphatic heterocycles. The van der Waals surface area contributed by atoms with E-state index in [1.807, 2.05) is 61.9 Å². The molecule has 0 spiro atoms. The first-order valence-electron chi connectivity index (χ1n) is 21.7. The molecule has 2 aliphatic rings. The Kier molecular flexibility index (Phi) is 11.0. The van der Waals surface area contributed by atoms with Crippen molar-refractivity contribution in [2.24, 2.45) is 11.8 Å². The summed E-state index contributed by atoms with van der Waals surface area (Å²) >= 11 is 0. The van der Waals surface area contributed by atoms with Crippen LogP contribution in [0.5, 0.6) is 0 Å². The summed E-state index contributed by atoms with van der Waals surface area (Å²) in [6.45, 7) is 8.78. The normalized spacial score (nSPS) is 17.7. The molecule has 9 rings (SSSR count). The lowest BCUT2D eigenvalue weighted by atomic mass is 9.93. The molecule has 2 saturated heterocycles. The quantitative estimate of drug-likeness (QED) is 0.0987. The molecule has 4 atom stereocenters. The second-order valence-electron chi connectivity index (χ2n) is 17.3. The van der Waals surface area contributed by atoms with Crippen molar-refractivity contribution in [3.05, 3.63) is 84.6 Å². The van der Waals surface area contributed by atoms with Gasteiger partial charge in [0.1, 0.15) is 34.9 Å². The zero-order valence-electron chi connectivity index (χ0n) is 36.3. The molecule has 2 bridgehead atoms. The summed E-state index contributed by atoms with van der Waals surface area (Å²) in [6, 6.07) is 21.0. The Hall–Kier alpha value is -6.90. The highest BCUT2D eigenvalue weighted by Crippen LogP contribution is 2.44. The van der Waals surface area contributed by atoms with Gasteiger partial charge >= 0.3 is 12.2 Å². The van der Waals surface area contributed by atoms with E-state index in [2.05, 4.69) is 69.1 Å². The lowest BCUT2D eigenvalue weighted by Crippen LogP contribution is -2.51. The maximum Gasteiger partial charge on any atom is 0.407 e. The highest BCUT2D eigenvalue weighted by Gasteiger charge is 2.39. The zero-order valence-corrected chi connectivity index (χ0v) is 36.3. The van der Waals surface area contributed by atoms with Crippen LogP contribution in [0.4, 0.5) is 9.59 Å². The molecular weight excluding hydrogens is 801 g/mol. The number of ether oxygens (including phenoxy) is 2. The molecule has 0 radical (unpaired) electrons. The van der Waals surface area contributed by atoms with E-state index in [0.29, 0.717) is 18.9 Å². The monoisotopic (exact) mass is 852 g/mol. The van der Waals surface area contributed by atoms with Crippen LogP contribution in [0.25, 0.3) is 66.5 Å². The fourth-order valence-corrected chi connectivity index (χ4v) is 9.42. The number of carbonyl (C=O) groups is 4. The predicted molar refractivity (Wildman–Crippen MR) is 239 cm³/mol. The molecule has 2 fully saturated rings. The number of fused-ring (bicyclic) bond motifs is 6. The van der Waals surface area contributed by atoms with E-state index in [1.54, 1.807) is 0 Å². The second-order valence-corrected chi connectivity index (χ2v) is 17.3. The van der Waals surface area contributed by atoms with Gasteiger partial charge in [0.05, 0.1) is 49.2 Å². The zero-order chi connectivity index (χ0) is 44.1. The minimum atomic E-state index is -0.713. The van der Waals surface area contributed by atoms with Gasteiger partial charge in [-0.15, -0.1) is 0 Å². The number of nitrogens with zero attached hydrogens (tertiary/aromatic N) is 4. The van der Waals surface area contributed by atoms with Crippen molar-refractivity contribution in [1.29, 1.82) is 0 Å². The van der Waals surface area contributed by atoms with Crippen LogP contribution in [0.1, 0.15) is 77.1 Å². The van der Waals surface area contributed by atoms with E-state index in [-0.39, 0.29) is 35.7 Å². The largest absolute Gasteiger partial charge is 0.456 e. The van der Waals surface area contributed by atoms with Crippen molar-refractivity contribution in [2.45, 2.75) is 77.5 Å². The molecule has 3 aromatic carbocycles. The van der Waals surface area contributed by atoms with Gasteiger partial charge < -0.3 is 44.3 Å². The third kappa shape index (κ3) is 7.59. The number of likely N-dealkylation sites (tertiary alicyclic amines) is 2. The maximum atomic E-state index is 13.8. The summed E-state index contributed by atoms with van der Waals surface area (Å²) in [7, 11) is 2.58. The van der Waals surface area contributed by atoms with E-state index < -0.39 is 24.3 Å². The molecule has 4 N–H and O–H groups in total. The van der Waals surface area contributed by atoms with Gasteiger partial charge in [0, 0.05) is 29.4 Å². The molecule has 15 nitrogen and oxygen atoms in total. The molecule has 0 saturated carbocycles. The summed E-state index contributed by atoms with van der Waals surface area (Å²) in [5, 5.41) is 7.44. The number of carbonyl (C=O) groups excluding carboxylic acids is 4. The minimum absolute atomic E-state index is 0.116. The molecule has 63 heavy (non-hydrogen) atoms. The maximum absolute atomic E-state index is 13.8. The number of hydrogen-bond donors (Lipinski definition) is 4. The number of furan rings is 2. The van der Waals surface area contributed by atoms with Gasteiger partial charge in [0.15, 0.2) is 0 Å². The van der Waals surface area contributed by atoms with E-state index in [0.717, 1.165) is 98.0 Å². The smallest absolute Gasteiger partial charge is 0.407 e. The molecule has 2 unspecified atom stereocenters. The molecule has 15 heteroatoms. The first-order chi connectivity index (χ1) is 30.4. The standard InChI is InChI=1S/C48H52N8O7/c1-25(2)41(53-47(59)61-5)45(57)55-21-7-9-35(55)43-49-24-34(52-43)31-17-16-30(39-37-19-20-38(63-37)40(31)39)28-13-11-27(12-14-28)29-15-18-32-33(23-29)51-44(50-32)36-10-8-22-56(36)46(58)42(26(3)4)54-48(60)62-6/h11-20,23-26,35-36,41-42H,7-10,21-22H2,1-6H3,(H,49,52)(H,50,51)(H,53,59)(H,54,60)/t35?,36?,41-,42-/m0/s1. The number of aromatic amines is 2. The fraction of sp³-hybridized carbons (Fsp3) is 0.375. The number of H-pyrrole nitrogens is 2. The van der Waals surface area contributed by atoms with Crippen molar-refractivity contribution in [1.82, 2.24) is 40.4 Å². The Bertz CT molecular complexity index is 2820. The summed E-state index contributed by atoms with van der Waals surface area (Å²) in [4.78, 5) is 72.0. The van der Waals surface area contributed by atoms with Crippen LogP contribution >= 0.6 is 0 Å². The van der Waals surface area contributed by atoms with Crippen molar-refractivity contribution >= 4 is 57.0 Å². The lowest BCUT2D eigenvalue weighted by molar-refractivity contribution is -0.136. The number of alkyl carbamates (subject to hydrolysis) is 2. The van der Waals surface area contributed by atoms with E-state index in [1.165, 1.54) is 14.2 Å². The number of rotatable bonds is 11. The highest BCUT2D eigenvalue weighted by atomic mass is 16.5. The molecule has 0 aliphatic carbocycles. The van der Waals surface area contributed by atoms with Crippen molar-refractivity contribution in [2.75, 3.05) is 27.3 Å². The van der Waals surface area contributed by atoms with Gasteiger partial charge in [-0.25, -0.2) is 19.6 Å². The van der Waals surface area contributed by atoms with Crippen LogP contribution < -0.4 is 10.6 Å². The Labute approximate surface area is 364 Å². The van der Waals surface area contributed by atoms with Crippen LogP contribution in [-0.2, 0) is 19.1 Å². The second kappa shape index (κ2) is 16.8. The Morgan fingerprint density at radius 1 is 0.683 bits per heavy atom. The summed E-state index contributed by atoms with van der Waals surface area (Å²) in [5.41, 5.74) is 9.22. The molecule has 4 aromatic heterocycles. The Balaban J connectivity index is 0.953. The van der Waals surface area contributed by atoms with E-state index >= 15 is 0 Å². The first kappa shape index (κ1) is 41.5. The number of aromatic nitrogens is 4. The minimum Gasteiger partial charge on any atom is -0.456 e. The number of hydrogen-bond acceptors (Lipinski definition) is 9. The van der Waals surface area contributed by atoms with Crippen LogP contribution in [-0.4, -0.2) is 93.1 Å². The van der Waals surface area contributed by atoms with Gasteiger partial charge in [-0.2, -0.15) is 0 Å². The SMILES string of the molecule is COC(=O)N[C@H](C(=O)N1CCCC1c1ncc(-c2ccc(-c3ccc(-c4ccc5nc(C6CCCN6C(=O)[C@@H](NC(=O)OC)C(C)C)[nH]c5c4)cc3)c3c4ccc(o4)c23)[nH]1)C(C)C. The Morgan fingerprint density at radius 3 is 1.81 bits per heavy atom. The first-order valence-corrected chi connectivity index (χ1v) is 21.7. The topological polar surface area (TPSA) is 188 Å². The van der Waals surface area contributed by atoms with Crippen LogP contribution in [0.3, 0.4) is 0 Å². The van der Waals surface area contributed by atoms with Crippen molar-refractivity contribution in [3.63, 3.8) is 0 Å². The van der Waals surface area contributed by atoms with Gasteiger partial charge in [-0.1, -0.05) is 70.2 Å². The number of imidazole rings is 2. The molecule has 4 amide bonds. The third-order valence-corrected chi connectivity index (χ3v) is 12.7. The average molecular weight is 853 g/mol. The average Bonchev–Trinajstić information content (AvgIpc) is 4.16. The number of amides is 4. The van der Waals surface area contributed by atoms with Crippen LogP contribution in [0.2, 0.25) is 0 Å². The van der Waals surface area contributed by atoms with Gasteiger partial charge in [-0.3, -0.25) is 9.59 Å². The van der Waals surface area contributed by atoms with Crippen LogP contribution in [0, 0.1) is 11.8 Å². The van der Waals surface area contributed by atoms with Gasteiger partial charge in [0.25, 0.3) is 0 Å². The summed E-state index contributed by atoms with van der Waals surface area (Å²) in [5.74, 6) is 0.894. The molecule has 7 aromatic rings. The third-order valence-electron chi connectivity index (χ3n) is 12.7.